The molecule has 3 rings (SSSR count). The smallest absolute Gasteiger partial charge is 0.214 e. The molecule has 0 aliphatic heterocycles. The van der Waals surface area contributed by atoms with Crippen LogP contribution in [0.3, 0.4) is 0 Å². The minimum atomic E-state index is -0.374. The molecule has 1 aromatic heterocycles. The van der Waals surface area contributed by atoms with Crippen LogP contribution in [0.2, 0.25) is 0 Å². The first-order valence-corrected chi connectivity index (χ1v) is 10.8. The minimum absolute atomic E-state index is 0.00645. The van der Waals surface area contributed by atoms with Gasteiger partial charge in [-0.2, -0.15) is 0 Å². The van der Waals surface area contributed by atoms with E-state index in [0.717, 1.165) is 0 Å². The van der Waals surface area contributed by atoms with E-state index in [-0.39, 0.29) is 36.3 Å². The maximum atomic E-state index is 14.2. The number of fused-ring (bicyclic) bond motifs is 1. The van der Waals surface area contributed by atoms with Gasteiger partial charge in [-0.15, -0.1) is 11.4 Å². The van der Waals surface area contributed by atoms with Crippen LogP contribution in [0.15, 0.2) is 53.2 Å². The number of aliphatic hydroxyl groups is 2. The van der Waals surface area contributed by atoms with Crippen LogP contribution in [-0.4, -0.2) is 43.1 Å². The lowest BCUT2D eigenvalue weighted by Gasteiger charge is -2.21. The van der Waals surface area contributed by atoms with Crippen molar-refractivity contribution < 1.29 is 19.4 Å². The number of benzene rings is 2. The largest absolute Gasteiger partial charge is 0.396 e. The summed E-state index contributed by atoms with van der Waals surface area (Å²) < 4.78 is 14.2. The summed E-state index contributed by atoms with van der Waals surface area (Å²) in [6.45, 7) is 3.43. The van der Waals surface area contributed by atoms with E-state index in [2.05, 4.69) is 9.97 Å². The number of amides is 1. The molecule has 0 saturated heterocycles. The third-order valence-corrected chi connectivity index (χ3v) is 6.31. The maximum absolute atomic E-state index is 14.2. The number of aryl methyl sites for hydroxylation is 1. The van der Waals surface area contributed by atoms with Gasteiger partial charge in [0.15, 0.2) is 0 Å². The number of hydrogen-bond donors (Lipinski definition) is 4. The van der Waals surface area contributed by atoms with Gasteiger partial charge in [-0.25, -0.2) is 14.4 Å². The molecule has 0 saturated carbocycles. The fourth-order valence-electron chi connectivity index (χ4n) is 3.29. The second kappa shape index (κ2) is 10.4. The Balaban J connectivity index is 2.02. The van der Waals surface area contributed by atoms with Gasteiger partial charge in [0, 0.05) is 46.3 Å². The van der Waals surface area contributed by atoms with Gasteiger partial charge < -0.3 is 20.8 Å². The van der Waals surface area contributed by atoms with Crippen LogP contribution < -0.4 is 5.73 Å². The summed E-state index contributed by atoms with van der Waals surface area (Å²) in [5.41, 5.74) is 7.59. The zero-order valence-corrected chi connectivity index (χ0v) is 18.7. The van der Waals surface area contributed by atoms with Crippen LogP contribution in [0.4, 0.5) is 10.2 Å². The summed E-state index contributed by atoms with van der Waals surface area (Å²) in [4.78, 5) is 22.1. The average molecular weight is 457 g/mol. The zero-order valence-electron chi connectivity index (χ0n) is 17.8. The highest BCUT2D eigenvalue weighted by atomic mass is 32.1. The number of hydrogen-bond acceptors (Lipinski definition) is 5. The van der Waals surface area contributed by atoms with Crippen molar-refractivity contribution >= 4 is 39.4 Å². The fourth-order valence-corrected chi connectivity index (χ4v) is 4.36. The monoisotopic (exact) mass is 456 g/mol. The van der Waals surface area contributed by atoms with Crippen LogP contribution in [0.25, 0.3) is 10.8 Å². The average Bonchev–Trinajstić information content (AvgIpc) is 2.78. The highest BCUT2D eigenvalue weighted by Crippen LogP contribution is 2.27. The molecule has 0 radical (unpaired) electrons. The summed E-state index contributed by atoms with van der Waals surface area (Å²) in [6, 6.07) is 9.72. The van der Waals surface area contributed by atoms with E-state index in [1.165, 1.54) is 17.0 Å². The summed E-state index contributed by atoms with van der Waals surface area (Å²) in [7, 11) is 0. The molecule has 0 aliphatic carbocycles. The Kier molecular flexibility index (Phi) is 7.68. The first-order chi connectivity index (χ1) is 15.3. The lowest BCUT2D eigenvalue weighted by atomic mass is 10.0. The van der Waals surface area contributed by atoms with Crippen molar-refractivity contribution in [2.45, 2.75) is 26.8 Å². The van der Waals surface area contributed by atoms with Gasteiger partial charge in [0.2, 0.25) is 6.41 Å². The van der Waals surface area contributed by atoms with Crippen molar-refractivity contribution in [3.63, 3.8) is 0 Å². The molecule has 2 aromatic carbocycles. The fraction of sp³-hybridized carbons (Fsp3) is 0.217. The van der Waals surface area contributed by atoms with Crippen molar-refractivity contribution in [2.75, 3.05) is 12.3 Å². The number of aromatic nitrogens is 2. The molecule has 1 heterocycles. The Bertz CT molecular complexity index is 1210. The van der Waals surface area contributed by atoms with E-state index in [1.54, 1.807) is 44.3 Å². The number of nitrogens with two attached hydrogens (primary N) is 1. The van der Waals surface area contributed by atoms with Crippen molar-refractivity contribution in [3.8, 4) is 0 Å². The van der Waals surface area contributed by atoms with E-state index >= 15 is 0 Å². The Morgan fingerprint density at radius 3 is 2.62 bits per heavy atom. The molecule has 168 valence electrons. The predicted molar refractivity (Wildman–Crippen MR) is 127 cm³/mol. The number of carbonyl (C=O) groups is 1. The maximum Gasteiger partial charge on any atom is 0.214 e. The Hall–Kier alpha value is -3.14. The van der Waals surface area contributed by atoms with Gasteiger partial charge in [0.1, 0.15) is 22.5 Å². The van der Waals surface area contributed by atoms with Gasteiger partial charge in [-0.1, -0.05) is 24.3 Å². The number of nitrogen functional groups attached to an aromatic ring is 1. The van der Waals surface area contributed by atoms with E-state index in [4.69, 9.17) is 5.73 Å². The molecule has 0 spiro atoms. The van der Waals surface area contributed by atoms with Crippen LogP contribution in [0, 0.1) is 12.7 Å². The van der Waals surface area contributed by atoms with E-state index in [9.17, 15) is 19.4 Å². The third kappa shape index (κ3) is 5.18. The van der Waals surface area contributed by atoms with Crippen LogP contribution in [-0.2, 0) is 11.3 Å². The lowest BCUT2D eigenvalue weighted by molar-refractivity contribution is -0.116. The molecule has 1 amide bonds. The van der Waals surface area contributed by atoms with E-state index in [0.29, 0.717) is 56.1 Å². The minimum Gasteiger partial charge on any atom is -0.396 e. The molecular formula is C23H25FN4O3S. The standard InChI is InChI=1S/C23H25FN4O3S/c1-14(28(13-30)12-16-11-26-15(2)27-22(16)25)21(9-10-29)32-23(31)19-7-8-20(24)18-6-4-3-5-17(18)19/h3-8,11,13,29,31-32H,9-10,12H2,1-2H3,(H2,25,26,27)/b21-14-. The van der Waals surface area contributed by atoms with Crippen molar-refractivity contribution in [2.24, 2.45) is 0 Å². The summed E-state index contributed by atoms with van der Waals surface area (Å²) >= 11 is 0.399. The van der Waals surface area contributed by atoms with Crippen LogP contribution in [0.5, 0.6) is 0 Å². The molecule has 3 aromatic rings. The molecule has 0 atom stereocenters. The number of carbonyl (C=O) groups excluding carboxylic acids is 1. The van der Waals surface area contributed by atoms with Gasteiger partial charge >= 0.3 is 0 Å². The first kappa shape index (κ1) is 23.5. The van der Waals surface area contributed by atoms with Crippen molar-refractivity contribution in [1.29, 1.82) is 0 Å². The topological polar surface area (TPSA) is 113 Å². The molecule has 0 aliphatic rings. The third-order valence-electron chi connectivity index (χ3n) is 5.04. The van der Waals surface area contributed by atoms with Crippen molar-refractivity contribution in [1.82, 2.24) is 14.9 Å². The second-order valence-electron chi connectivity index (χ2n) is 7.14. The number of allylic oxidation sites excluding steroid dienone is 1. The zero-order chi connectivity index (χ0) is 23.3. The normalized spacial score (nSPS) is 12.8. The van der Waals surface area contributed by atoms with Gasteiger partial charge in [-0.3, -0.25) is 4.79 Å². The predicted octanol–water partition coefficient (Wildman–Crippen LogP) is 3.43. The van der Waals surface area contributed by atoms with Gasteiger partial charge in [0.05, 0.1) is 6.54 Å². The van der Waals surface area contributed by atoms with E-state index < -0.39 is 0 Å². The number of thiol groups is 1. The highest BCUT2D eigenvalue weighted by Gasteiger charge is 2.14. The number of nitrogens with zero attached hydrogens (tertiary/aromatic N) is 3. The molecule has 0 fully saturated rings. The second-order valence-corrected chi connectivity index (χ2v) is 8.33. The molecule has 32 heavy (non-hydrogen) atoms. The summed E-state index contributed by atoms with van der Waals surface area (Å²) in [5.74, 6) is 0.438. The van der Waals surface area contributed by atoms with E-state index in [1.807, 2.05) is 0 Å². The first-order valence-electron chi connectivity index (χ1n) is 9.91. The van der Waals surface area contributed by atoms with Crippen molar-refractivity contribution in [3.05, 3.63) is 76.0 Å². The molecule has 0 bridgehead atoms. The quantitative estimate of drug-likeness (QED) is 0.235. The number of halogens is 1. The molecule has 9 heteroatoms. The van der Waals surface area contributed by atoms with Crippen LogP contribution >= 0.6 is 11.4 Å². The summed E-state index contributed by atoms with van der Waals surface area (Å²) in [6.07, 6.45) is 2.46. The SMILES string of the molecule is C/C(=C(CCO)/[SH]=C(\O)c1ccc(F)c2ccccc12)N(C=O)Cc1cnc(C)nc1N. The van der Waals surface area contributed by atoms with Gasteiger partial charge in [-0.05, 0) is 31.4 Å². The molecular weight excluding hydrogens is 431 g/mol. The summed E-state index contributed by atoms with van der Waals surface area (Å²) in [5, 5.41) is 21.4. The molecule has 4 N–H and O–H groups in total. The Morgan fingerprint density at radius 2 is 1.97 bits per heavy atom. The number of anilines is 1. The highest BCUT2D eigenvalue weighted by molar-refractivity contribution is 8.02. The van der Waals surface area contributed by atoms with Crippen LogP contribution in [0.1, 0.15) is 30.3 Å². The number of rotatable bonds is 8. The lowest BCUT2D eigenvalue weighted by Crippen LogP contribution is -2.22. The molecule has 7 nitrogen and oxygen atoms in total. The molecule has 0 unspecified atom stereocenters. The number of aliphatic hydroxyl groups excluding tert-OH is 2. The van der Waals surface area contributed by atoms with Gasteiger partial charge in [0.25, 0.3) is 0 Å². The Labute approximate surface area is 189 Å². The Morgan fingerprint density at radius 1 is 1.25 bits per heavy atom.